The summed E-state index contributed by atoms with van der Waals surface area (Å²) < 4.78 is 12.3. The predicted octanol–water partition coefficient (Wildman–Crippen LogP) is 6.76. The van der Waals surface area contributed by atoms with E-state index in [1.165, 1.54) is 5.56 Å². The number of rotatable bonds is 13. The Morgan fingerprint density at radius 3 is 2.44 bits per heavy atom. The number of ether oxygens (including phenoxy) is 2. The Hall–Kier alpha value is -1.20. The lowest BCUT2D eigenvalue weighted by atomic mass is 10.1. The molecule has 0 N–H and O–H groups in total. The van der Waals surface area contributed by atoms with Crippen LogP contribution >= 0.6 is 27.5 Å². The molecule has 0 bridgehead atoms. The van der Waals surface area contributed by atoms with Crippen LogP contribution in [0.1, 0.15) is 57.6 Å². The highest BCUT2D eigenvalue weighted by atomic mass is 79.9. The van der Waals surface area contributed by atoms with Gasteiger partial charge in [-0.1, -0.05) is 23.7 Å². The van der Waals surface area contributed by atoms with Crippen molar-refractivity contribution in [2.75, 3.05) is 19.8 Å². The van der Waals surface area contributed by atoms with Gasteiger partial charge in [0.05, 0.1) is 16.3 Å². The predicted molar refractivity (Wildman–Crippen MR) is 118 cm³/mol. The summed E-state index contributed by atoms with van der Waals surface area (Å²) in [5.41, 5.74) is 3.21. The molecule has 1 rings (SSSR count). The molecule has 0 atom stereocenters. The molecule has 1 aromatic rings. The second kappa shape index (κ2) is 13.9. The minimum atomic E-state index is 0.430. The van der Waals surface area contributed by atoms with E-state index in [1.54, 1.807) is 6.08 Å². The second-order valence-corrected chi connectivity index (χ2v) is 8.24. The van der Waals surface area contributed by atoms with Crippen molar-refractivity contribution in [2.45, 2.75) is 59.8 Å². The standard InChI is InChI=1S/C21H31BrClNO3/c1-5-18-15-19(25-13-10-20(22)23)14-17(4)21(18)26-11-8-6-7-9-12-27-24-16(2)3/h10,14-15H,5-9,11-13H2,1-4H3/b20-10-. The molecule has 0 heterocycles. The number of aryl methyl sites for hydroxylation is 2. The van der Waals surface area contributed by atoms with Crippen LogP contribution < -0.4 is 9.47 Å². The van der Waals surface area contributed by atoms with E-state index in [0.29, 0.717) is 17.2 Å². The number of oxime groups is 1. The second-order valence-electron chi connectivity index (χ2n) is 6.52. The largest absolute Gasteiger partial charge is 0.493 e. The van der Waals surface area contributed by atoms with Crippen LogP contribution in [0.2, 0.25) is 0 Å². The third-order valence-electron chi connectivity index (χ3n) is 3.82. The van der Waals surface area contributed by atoms with E-state index in [0.717, 1.165) is 61.5 Å². The summed E-state index contributed by atoms with van der Waals surface area (Å²) in [6.45, 7) is 9.88. The summed E-state index contributed by atoms with van der Waals surface area (Å²) in [5, 5.41) is 3.93. The molecule has 6 heteroatoms. The van der Waals surface area contributed by atoms with Gasteiger partial charge in [-0.05, 0) is 98.1 Å². The topological polar surface area (TPSA) is 40.0 Å². The zero-order chi connectivity index (χ0) is 20.1. The van der Waals surface area contributed by atoms with Crippen LogP contribution in [-0.4, -0.2) is 25.5 Å². The van der Waals surface area contributed by atoms with Crippen LogP contribution in [0.25, 0.3) is 0 Å². The first kappa shape index (κ1) is 23.8. The normalized spacial score (nSPS) is 11.3. The van der Waals surface area contributed by atoms with Crippen molar-refractivity contribution in [2.24, 2.45) is 5.16 Å². The number of nitrogens with zero attached hydrogens (tertiary/aromatic N) is 1. The van der Waals surface area contributed by atoms with Crippen molar-refractivity contribution in [3.05, 3.63) is 33.3 Å². The van der Waals surface area contributed by atoms with Crippen LogP contribution in [0, 0.1) is 6.92 Å². The lowest BCUT2D eigenvalue weighted by molar-refractivity contribution is 0.139. The fraction of sp³-hybridized carbons (Fsp3) is 0.571. The number of halogens is 2. The van der Waals surface area contributed by atoms with E-state index in [-0.39, 0.29) is 0 Å². The van der Waals surface area contributed by atoms with Crippen LogP contribution in [0.5, 0.6) is 11.5 Å². The van der Waals surface area contributed by atoms with E-state index >= 15 is 0 Å². The first-order valence-electron chi connectivity index (χ1n) is 9.47. The highest BCUT2D eigenvalue weighted by Crippen LogP contribution is 2.30. The van der Waals surface area contributed by atoms with Gasteiger partial charge in [-0.2, -0.15) is 0 Å². The molecule has 0 saturated heterocycles. The van der Waals surface area contributed by atoms with Gasteiger partial charge in [-0.25, -0.2) is 0 Å². The van der Waals surface area contributed by atoms with E-state index < -0.39 is 0 Å². The van der Waals surface area contributed by atoms with Crippen LogP contribution in [0.3, 0.4) is 0 Å². The smallest absolute Gasteiger partial charge is 0.125 e. The highest BCUT2D eigenvalue weighted by Gasteiger charge is 2.09. The SMILES string of the molecule is CCc1cc(OC/C=C(\Cl)Br)cc(C)c1OCCCCCCON=C(C)C. The Morgan fingerprint density at radius 2 is 1.81 bits per heavy atom. The average molecular weight is 461 g/mol. The first-order chi connectivity index (χ1) is 12.9. The van der Waals surface area contributed by atoms with Gasteiger partial charge in [0, 0.05) is 0 Å². The van der Waals surface area contributed by atoms with Crippen molar-refractivity contribution < 1.29 is 14.3 Å². The van der Waals surface area contributed by atoms with E-state index in [9.17, 15) is 0 Å². The van der Waals surface area contributed by atoms with Gasteiger partial charge in [-0.15, -0.1) is 0 Å². The summed E-state index contributed by atoms with van der Waals surface area (Å²) in [6, 6.07) is 4.06. The Balaban J connectivity index is 2.39. The van der Waals surface area contributed by atoms with Crippen LogP contribution in [0.4, 0.5) is 0 Å². The maximum absolute atomic E-state index is 6.07. The fourth-order valence-electron chi connectivity index (χ4n) is 2.54. The Bertz CT molecular complexity index is 624. The molecular weight excluding hydrogens is 430 g/mol. The van der Waals surface area contributed by atoms with Gasteiger partial charge in [-0.3, -0.25) is 0 Å². The van der Waals surface area contributed by atoms with Crippen molar-refractivity contribution in [1.29, 1.82) is 0 Å². The minimum absolute atomic E-state index is 0.430. The van der Waals surface area contributed by atoms with Gasteiger partial charge in [0.2, 0.25) is 0 Å². The Kier molecular flexibility index (Phi) is 12.3. The fourth-order valence-corrected chi connectivity index (χ4v) is 2.73. The van der Waals surface area contributed by atoms with Crippen LogP contribution in [-0.2, 0) is 11.3 Å². The summed E-state index contributed by atoms with van der Waals surface area (Å²) in [6.07, 6.45) is 6.97. The van der Waals surface area contributed by atoms with Gasteiger partial charge in [0.1, 0.15) is 24.7 Å². The molecule has 0 fully saturated rings. The molecule has 0 aliphatic carbocycles. The molecule has 4 nitrogen and oxygen atoms in total. The Labute approximate surface area is 177 Å². The number of unbranched alkanes of at least 4 members (excludes halogenated alkanes) is 3. The lowest BCUT2D eigenvalue weighted by Gasteiger charge is -2.15. The monoisotopic (exact) mass is 459 g/mol. The van der Waals surface area contributed by atoms with Gasteiger partial charge in [0.25, 0.3) is 0 Å². The molecule has 0 aliphatic heterocycles. The van der Waals surface area contributed by atoms with E-state index in [1.807, 2.05) is 26.0 Å². The quantitative estimate of drug-likeness (QED) is 0.185. The van der Waals surface area contributed by atoms with Crippen molar-refractivity contribution >= 4 is 33.2 Å². The highest BCUT2D eigenvalue weighted by molar-refractivity contribution is 9.12. The molecule has 0 saturated carbocycles. The Morgan fingerprint density at radius 1 is 1.11 bits per heavy atom. The molecule has 0 aromatic heterocycles. The third kappa shape index (κ3) is 10.6. The van der Waals surface area contributed by atoms with Crippen molar-refractivity contribution in [3.63, 3.8) is 0 Å². The molecule has 152 valence electrons. The zero-order valence-electron chi connectivity index (χ0n) is 16.8. The maximum Gasteiger partial charge on any atom is 0.125 e. The molecule has 0 spiro atoms. The minimum Gasteiger partial charge on any atom is -0.493 e. The molecule has 0 aliphatic rings. The molecule has 27 heavy (non-hydrogen) atoms. The van der Waals surface area contributed by atoms with E-state index in [2.05, 4.69) is 34.9 Å². The molecular formula is C21H31BrClNO3. The van der Waals surface area contributed by atoms with Crippen molar-refractivity contribution in [3.8, 4) is 11.5 Å². The van der Waals surface area contributed by atoms with Gasteiger partial charge >= 0.3 is 0 Å². The number of hydrogen-bond donors (Lipinski definition) is 0. The molecule has 0 amide bonds. The van der Waals surface area contributed by atoms with E-state index in [4.69, 9.17) is 25.9 Å². The summed E-state index contributed by atoms with van der Waals surface area (Å²) in [5.74, 6) is 1.82. The average Bonchev–Trinajstić information content (AvgIpc) is 2.60. The first-order valence-corrected chi connectivity index (χ1v) is 10.6. The van der Waals surface area contributed by atoms with Gasteiger partial charge in [0.15, 0.2) is 0 Å². The summed E-state index contributed by atoms with van der Waals surface area (Å²) in [4.78, 5) is 5.20. The third-order valence-corrected chi connectivity index (χ3v) is 4.30. The molecule has 1 aromatic carbocycles. The summed E-state index contributed by atoms with van der Waals surface area (Å²) in [7, 11) is 0. The number of hydrogen-bond acceptors (Lipinski definition) is 4. The molecule has 0 radical (unpaired) electrons. The number of benzene rings is 1. The zero-order valence-corrected chi connectivity index (χ0v) is 19.2. The lowest BCUT2D eigenvalue weighted by Crippen LogP contribution is -2.03. The van der Waals surface area contributed by atoms with Gasteiger partial charge < -0.3 is 14.3 Å². The summed E-state index contributed by atoms with van der Waals surface area (Å²) >= 11 is 8.94. The van der Waals surface area contributed by atoms with Crippen LogP contribution in [0.15, 0.2) is 27.3 Å². The molecule has 0 unspecified atom stereocenters. The maximum atomic E-state index is 6.07. The van der Waals surface area contributed by atoms with Crippen molar-refractivity contribution in [1.82, 2.24) is 0 Å².